The number of benzene rings is 1. The summed E-state index contributed by atoms with van der Waals surface area (Å²) in [5.74, 6) is -3.00. The first-order valence-electron chi connectivity index (χ1n) is 11.9. The first kappa shape index (κ1) is 29.3. The highest BCUT2D eigenvalue weighted by atomic mass is 35.5. The molecule has 0 aliphatic carbocycles. The lowest BCUT2D eigenvalue weighted by Gasteiger charge is -2.18. The molecule has 0 radical (unpaired) electrons. The van der Waals surface area contributed by atoms with E-state index in [9.17, 15) is 18.4 Å². The summed E-state index contributed by atoms with van der Waals surface area (Å²) in [6.45, 7) is 9.08. The number of fused-ring (bicyclic) bond motifs is 1. The molecule has 0 fully saturated rings. The predicted molar refractivity (Wildman–Crippen MR) is 146 cm³/mol. The number of aromatic nitrogens is 2. The first-order valence-corrected chi connectivity index (χ1v) is 16.0. The van der Waals surface area contributed by atoms with Gasteiger partial charge in [-0.1, -0.05) is 31.2 Å². The Morgan fingerprint density at radius 3 is 2.47 bits per heavy atom. The zero-order valence-corrected chi connectivity index (χ0v) is 23.9. The van der Waals surface area contributed by atoms with Gasteiger partial charge in [-0.2, -0.15) is 0 Å². The van der Waals surface area contributed by atoms with E-state index < -0.39 is 37.5 Å². The fourth-order valence-electron chi connectivity index (χ4n) is 3.52. The van der Waals surface area contributed by atoms with Crippen LogP contribution in [0.4, 0.5) is 19.3 Å². The number of nitrogens with zero attached hydrogens (tertiary/aromatic N) is 3. The number of anilines is 1. The van der Waals surface area contributed by atoms with E-state index in [0.717, 1.165) is 18.2 Å². The van der Waals surface area contributed by atoms with Crippen LogP contribution in [0.1, 0.15) is 6.92 Å². The second kappa shape index (κ2) is 12.1. The van der Waals surface area contributed by atoms with Gasteiger partial charge in [-0.05, 0) is 19.0 Å². The molecule has 13 heteroatoms. The van der Waals surface area contributed by atoms with E-state index in [1.807, 2.05) is 0 Å². The molecule has 0 saturated heterocycles. The van der Waals surface area contributed by atoms with Crippen LogP contribution < -0.4 is 15.4 Å². The highest BCUT2D eigenvalue weighted by Gasteiger charge is 2.21. The topological polar surface area (TPSA) is 97.7 Å². The molecule has 2 aromatic heterocycles. The van der Waals surface area contributed by atoms with E-state index in [4.69, 9.17) is 21.1 Å². The molecule has 0 aliphatic heterocycles. The number of amides is 3. The van der Waals surface area contributed by atoms with Crippen molar-refractivity contribution in [2.75, 3.05) is 26.0 Å². The number of carbonyl (C=O) groups excluding carboxylic acids is 2. The van der Waals surface area contributed by atoms with Crippen molar-refractivity contribution in [1.82, 2.24) is 19.8 Å². The van der Waals surface area contributed by atoms with Gasteiger partial charge in [0.2, 0.25) is 5.91 Å². The van der Waals surface area contributed by atoms with Crippen LogP contribution in [0.5, 0.6) is 11.5 Å². The summed E-state index contributed by atoms with van der Waals surface area (Å²) in [6.07, 6.45) is 3.07. The van der Waals surface area contributed by atoms with Crippen LogP contribution in [-0.4, -0.2) is 61.2 Å². The van der Waals surface area contributed by atoms with Crippen molar-refractivity contribution < 1.29 is 27.8 Å². The molecule has 0 saturated carbocycles. The number of hydrogen-bond donors (Lipinski definition) is 2. The first-order chi connectivity index (χ1) is 17.8. The second-order valence-corrected chi connectivity index (χ2v) is 16.3. The van der Waals surface area contributed by atoms with E-state index >= 15 is 0 Å². The largest absolute Gasteiger partial charge is 0.450 e. The summed E-state index contributed by atoms with van der Waals surface area (Å²) >= 11 is 6.42. The zero-order valence-electron chi connectivity index (χ0n) is 22.2. The van der Waals surface area contributed by atoms with Gasteiger partial charge in [-0.25, -0.2) is 18.6 Å². The fourth-order valence-corrected chi connectivity index (χ4v) is 4.57. The number of hydrogen-bond acceptors (Lipinski definition) is 5. The second-order valence-electron chi connectivity index (χ2n) is 10.2. The summed E-state index contributed by atoms with van der Waals surface area (Å²) in [5.41, 5.74) is 0.284. The highest BCUT2D eigenvalue weighted by molar-refractivity contribution is 6.76. The van der Waals surface area contributed by atoms with E-state index in [1.54, 1.807) is 24.9 Å². The molecule has 1 unspecified atom stereocenters. The van der Waals surface area contributed by atoms with Crippen molar-refractivity contribution in [3.63, 3.8) is 0 Å². The Hall–Kier alpha value is -3.22. The molecule has 3 rings (SSSR count). The smallest absolute Gasteiger partial charge is 0.319 e. The van der Waals surface area contributed by atoms with E-state index in [1.165, 1.54) is 24.1 Å². The monoisotopic (exact) mass is 567 g/mol. The lowest BCUT2D eigenvalue weighted by Crippen LogP contribution is -2.45. The van der Waals surface area contributed by atoms with Crippen LogP contribution in [-0.2, 0) is 16.3 Å². The molecule has 0 aliphatic rings. The number of halogens is 3. The number of pyridine rings is 1. The van der Waals surface area contributed by atoms with Crippen molar-refractivity contribution in [1.29, 1.82) is 0 Å². The minimum absolute atomic E-state index is 0.105. The quantitative estimate of drug-likeness (QED) is 0.243. The summed E-state index contributed by atoms with van der Waals surface area (Å²) < 4.78 is 42.9. The normalized spacial score (nSPS) is 12.3. The molecule has 2 N–H and O–H groups in total. The van der Waals surface area contributed by atoms with Gasteiger partial charge >= 0.3 is 6.03 Å². The lowest BCUT2D eigenvalue weighted by molar-refractivity contribution is -0.130. The molecule has 1 aromatic carbocycles. The number of ether oxygens (including phenoxy) is 2. The average Bonchev–Trinajstić information content (AvgIpc) is 3.14. The van der Waals surface area contributed by atoms with Crippen LogP contribution in [0.3, 0.4) is 0 Å². The third kappa shape index (κ3) is 7.42. The molecule has 3 aromatic rings. The van der Waals surface area contributed by atoms with Gasteiger partial charge in [0.15, 0.2) is 17.4 Å². The van der Waals surface area contributed by atoms with Crippen molar-refractivity contribution in [2.24, 2.45) is 0 Å². The fraction of sp³-hybridized carbons (Fsp3) is 0.400. The van der Waals surface area contributed by atoms with E-state index in [2.05, 4.69) is 35.3 Å². The molecule has 3 amide bonds. The van der Waals surface area contributed by atoms with Crippen LogP contribution in [0.25, 0.3) is 11.0 Å². The Labute approximate surface area is 226 Å². The predicted octanol–water partition coefficient (Wildman–Crippen LogP) is 5.67. The number of likely N-dealkylation sites (N-methyl/N-ethyl adjacent to an activating group) is 1. The Balaban J connectivity index is 1.76. The molecule has 1 atom stereocenters. The minimum atomic E-state index is -1.25. The molecule has 9 nitrogen and oxygen atoms in total. The van der Waals surface area contributed by atoms with E-state index in [-0.39, 0.29) is 29.1 Å². The summed E-state index contributed by atoms with van der Waals surface area (Å²) in [5, 5.41) is 5.38. The molecule has 38 heavy (non-hydrogen) atoms. The van der Waals surface area contributed by atoms with Crippen LogP contribution >= 0.6 is 11.6 Å². The Morgan fingerprint density at radius 1 is 1.21 bits per heavy atom. The number of rotatable bonds is 10. The van der Waals surface area contributed by atoms with Gasteiger partial charge in [0.1, 0.15) is 24.2 Å². The Morgan fingerprint density at radius 2 is 1.87 bits per heavy atom. The van der Waals surface area contributed by atoms with Gasteiger partial charge in [-0.3, -0.25) is 4.79 Å². The van der Waals surface area contributed by atoms with Gasteiger partial charge < -0.3 is 29.6 Å². The van der Waals surface area contributed by atoms with Gasteiger partial charge in [0.25, 0.3) is 0 Å². The van der Waals surface area contributed by atoms with Crippen LogP contribution in [0, 0.1) is 11.6 Å². The Kier molecular flexibility index (Phi) is 9.34. The van der Waals surface area contributed by atoms with Gasteiger partial charge in [0, 0.05) is 59.0 Å². The Bertz CT molecular complexity index is 1310. The van der Waals surface area contributed by atoms with Crippen molar-refractivity contribution >= 4 is 48.3 Å². The third-order valence-corrected chi connectivity index (χ3v) is 7.52. The van der Waals surface area contributed by atoms with Crippen LogP contribution in [0.15, 0.2) is 30.6 Å². The summed E-state index contributed by atoms with van der Waals surface area (Å²) in [6, 6.07) is 2.64. The highest BCUT2D eigenvalue weighted by Crippen LogP contribution is 2.37. The van der Waals surface area contributed by atoms with Crippen molar-refractivity contribution in [3.8, 4) is 11.5 Å². The van der Waals surface area contributed by atoms with Crippen molar-refractivity contribution in [2.45, 2.75) is 45.4 Å². The van der Waals surface area contributed by atoms with Crippen LogP contribution in [0.2, 0.25) is 30.7 Å². The molecular weight excluding hydrogens is 536 g/mol. The minimum Gasteiger partial charge on any atom is -0.450 e. The SMILES string of the molecule is CC(NC(=O)Nc1cc(F)c(Oc2ccnc3c2c(Cl)cn3COCC[Si](C)(C)C)c(F)c1)C(=O)N(C)C. The number of nitrogens with one attached hydrogen (secondary N) is 2. The standard InChI is InChI=1S/C25H32ClF2N5O4Si/c1-15(24(34)32(2)3)30-25(35)31-16-11-18(27)22(19(28)12-16)37-20-7-8-29-23-21(20)17(26)13-33(23)14-36-9-10-38(4,5)6/h7-8,11-13,15H,9-10,14H2,1-6H3,(H2,30,31,35). The number of carbonyl (C=O) groups is 2. The summed E-state index contributed by atoms with van der Waals surface area (Å²) in [7, 11) is 1.85. The molecule has 0 bridgehead atoms. The maximum atomic E-state index is 14.9. The van der Waals surface area contributed by atoms with Gasteiger partial charge in [0.05, 0.1) is 10.4 Å². The third-order valence-electron chi connectivity index (χ3n) is 5.53. The molecule has 2 heterocycles. The molecular formula is C25H32ClF2N5O4Si. The van der Waals surface area contributed by atoms with Gasteiger partial charge in [-0.15, -0.1) is 0 Å². The molecule has 0 spiro atoms. The zero-order chi connectivity index (χ0) is 28.2. The molecule has 206 valence electrons. The summed E-state index contributed by atoms with van der Waals surface area (Å²) in [4.78, 5) is 29.7. The lowest BCUT2D eigenvalue weighted by atomic mass is 10.2. The maximum absolute atomic E-state index is 14.9. The maximum Gasteiger partial charge on any atom is 0.319 e. The number of urea groups is 1. The van der Waals surface area contributed by atoms with Crippen molar-refractivity contribution in [3.05, 3.63) is 47.2 Å². The van der Waals surface area contributed by atoms with E-state index in [0.29, 0.717) is 17.6 Å². The average molecular weight is 568 g/mol.